The number of carbonyl (C=O) groups excluding carboxylic acids is 3. The Kier molecular flexibility index (Phi) is 6.86. The molecule has 1 saturated carbocycles. The fraction of sp³-hybridized carbons (Fsp3) is 0.857. The topological polar surface area (TPSA) is 77.5 Å². The molecule has 3 unspecified atom stereocenters. The average molecular weight is 365 g/mol. The van der Waals surface area contributed by atoms with Gasteiger partial charge in [-0.25, -0.2) is 0 Å². The van der Waals surface area contributed by atoms with Crippen molar-refractivity contribution in [1.82, 2.24) is 4.90 Å². The van der Waals surface area contributed by atoms with Gasteiger partial charge >= 0.3 is 0 Å². The average Bonchev–Trinajstić information content (AvgIpc) is 2.60. The monoisotopic (exact) mass is 364 g/mol. The molecule has 1 aliphatic carbocycles. The van der Waals surface area contributed by atoms with E-state index in [9.17, 15) is 19.5 Å². The Morgan fingerprint density at radius 1 is 1.04 bits per heavy atom. The number of aliphatic carboxylic acids is 1. The van der Waals surface area contributed by atoms with Gasteiger partial charge in [-0.3, -0.25) is 9.59 Å². The van der Waals surface area contributed by atoms with Crippen LogP contribution in [0.2, 0.25) is 0 Å². The third-order valence-corrected chi connectivity index (χ3v) is 6.33. The summed E-state index contributed by atoms with van der Waals surface area (Å²) in [7, 11) is 0. The molecule has 0 bridgehead atoms. The van der Waals surface area contributed by atoms with E-state index in [1.54, 1.807) is 20.8 Å². The van der Waals surface area contributed by atoms with Gasteiger partial charge in [-0.15, -0.1) is 0 Å². The van der Waals surface area contributed by atoms with E-state index in [-0.39, 0.29) is 11.8 Å². The van der Waals surface area contributed by atoms with Crippen LogP contribution in [0.5, 0.6) is 0 Å². The van der Waals surface area contributed by atoms with Gasteiger partial charge in [0.05, 0.1) is 12.0 Å². The maximum Gasteiger partial charge on any atom is 0.291 e. The van der Waals surface area contributed by atoms with Gasteiger partial charge in [-0.1, -0.05) is 66.2 Å². The summed E-state index contributed by atoms with van der Waals surface area (Å²) < 4.78 is 0. The highest BCUT2D eigenvalue weighted by molar-refractivity contribution is 6.38. The highest BCUT2D eigenvalue weighted by atomic mass is 16.4. The van der Waals surface area contributed by atoms with Gasteiger partial charge in [0.2, 0.25) is 5.78 Å². The predicted octanol–water partition coefficient (Wildman–Crippen LogP) is 2.57. The molecule has 1 saturated heterocycles. The number of hydrogen-bond acceptors (Lipinski definition) is 4. The van der Waals surface area contributed by atoms with Gasteiger partial charge in [-0.2, -0.15) is 0 Å². The third kappa shape index (κ3) is 4.47. The molecular weight excluding hydrogens is 330 g/mol. The number of carboxylic acid groups (broad SMARTS) is 1. The van der Waals surface area contributed by atoms with Gasteiger partial charge in [-0.05, 0) is 30.6 Å². The number of Topliss-reactive ketones (excluding diaryl/α,β-unsaturated/α-hetero) is 1. The summed E-state index contributed by atoms with van der Waals surface area (Å²) >= 11 is 0. The molecule has 2 aliphatic rings. The Morgan fingerprint density at radius 3 is 2.15 bits per heavy atom. The molecule has 5 heteroatoms. The van der Waals surface area contributed by atoms with Crippen molar-refractivity contribution >= 4 is 17.7 Å². The summed E-state index contributed by atoms with van der Waals surface area (Å²) in [5, 5.41) is 12.0. The van der Waals surface area contributed by atoms with Crippen LogP contribution in [0.4, 0.5) is 0 Å². The highest BCUT2D eigenvalue weighted by Crippen LogP contribution is 2.41. The summed E-state index contributed by atoms with van der Waals surface area (Å²) in [6.45, 7) is 7.53. The highest BCUT2D eigenvalue weighted by Gasteiger charge is 2.44. The number of nitrogens with zero attached hydrogens (tertiary/aromatic N) is 1. The molecule has 1 heterocycles. The van der Waals surface area contributed by atoms with Crippen LogP contribution in [0.25, 0.3) is 0 Å². The molecule has 1 aliphatic heterocycles. The lowest BCUT2D eigenvalue weighted by Crippen LogP contribution is -2.61. The van der Waals surface area contributed by atoms with E-state index < -0.39 is 29.1 Å². The second kappa shape index (κ2) is 8.53. The first-order valence-corrected chi connectivity index (χ1v) is 10.2. The lowest BCUT2D eigenvalue weighted by molar-refractivity contribution is -0.314. The van der Waals surface area contributed by atoms with E-state index in [0.29, 0.717) is 12.5 Å². The fourth-order valence-corrected chi connectivity index (χ4v) is 5.00. The lowest BCUT2D eigenvalue weighted by atomic mass is 9.68. The fourth-order valence-electron chi connectivity index (χ4n) is 5.00. The smallest absolute Gasteiger partial charge is 0.291 e. The maximum atomic E-state index is 12.8. The minimum Gasteiger partial charge on any atom is -0.548 e. The zero-order valence-corrected chi connectivity index (χ0v) is 16.8. The van der Waals surface area contributed by atoms with E-state index in [1.807, 2.05) is 0 Å². The molecular formula is C21H34NO4-. The van der Waals surface area contributed by atoms with E-state index in [0.717, 1.165) is 32.1 Å². The standard InChI is InChI=1S/C21H35NO4/c1-5-15(14-10-7-6-8-11-14)16-12-9-13-22(17(16)20(25)26)19(24)18(23)21(2,3)4/h14-17H,5-13H2,1-4H3,(H,25,26)/p-1. The normalized spacial score (nSPS) is 26.4. The van der Waals surface area contributed by atoms with Gasteiger partial charge in [0.15, 0.2) is 0 Å². The first kappa shape index (κ1) is 20.9. The van der Waals surface area contributed by atoms with Gasteiger partial charge in [0.25, 0.3) is 5.91 Å². The molecule has 0 aromatic rings. The molecule has 1 amide bonds. The molecule has 0 aromatic carbocycles. The van der Waals surface area contributed by atoms with Crippen molar-refractivity contribution < 1.29 is 19.5 Å². The molecule has 0 N–H and O–H groups in total. The maximum absolute atomic E-state index is 12.8. The second-order valence-corrected chi connectivity index (χ2v) is 9.12. The van der Waals surface area contributed by atoms with Crippen molar-refractivity contribution in [2.75, 3.05) is 6.54 Å². The SMILES string of the molecule is CCC(C1CCCCC1)C1CCCN(C(=O)C(=O)C(C)(C)C)C1C(=O)[O-]. The van der Waals surface area contributed by atoms with Crippen molar-refractivity contribution in [3.63, 3.8) is 0 Å². The van der Waals surface area contributed by atoms with Gasteiger partial charge < -0.3 is 14.8 Å². The van der Waals surface area contributed by atoms with Crippen molar-refractivity contribution in [2.24, 2.45) is 23.2 Å². The molecule has 26 heavy (non-hydrogen) atoms. The predicted molar refractivity (Wildman–Crippen MR) is 98.1 cm³/mol. The van der Waals surface area contributed by atoms with Crippen LogP contribution in [-0.4, -0.2) is 35.1 Å². The Balaban J connectivity index is 2.27. The number of amides is 1. The number of likely N-dealkylation sites (tertiary alicyclic amines) is 1. The number of rotatable bonds is 5. The number of piperidine rings is 1. The van der Waals surface area contributed by atoms with Gasteiger partial charge in [0, 0.05) is 12.0 Å². The van der Waals surface area contributed by atoms with Crippen LogP contribution in [0.15, 0.2) is 0 Å². The summed E-state index contributed by atoms with van der Waals surface area (Å²) in [4.78, 5) is 38.6. The van der Waals surface area contributed by atoms with Crippen molar-refractivity contribution in [3.8, 4) is 0 Å². The van der Waals surface area contributed by atoms with Gasteiger partial charge in [0.1, 0.15) is 0 Å². The molecule has 0 radical (unpaired) electrons. The zero-order chi connectivity index (χ0) is 19.5. The minimum absolute atomic E-state index is 0.112. The van der Waals surface area contributed by atoms with Crippen molar-refractivity contribution in [2.45, 2.75) is 85.1 Å². The Hall–Kier alpha value is -1.39. The van der Waals surface area contributed by atoms with Crippen LogP contribution in [0.1, 0.15) is 79.1 Å². The number of carboxylic acids is 1. The molecule has 148 valence electrons. The lowest BCUT2D eigenvalue weighted by Gasteiger charge is -2.47. The van der Waals surface area contributed by atoms with E-state index in [4.69, 9.17) is 0 Å². The van der Waals surface area contributed by atoms with Crippen molar-refractivity contribution in [3.05, 3.63) is 0 Å². The number of ketones is 1. The molecule has 0 aromatic heterocycles. The Bertz CT molecular complexity index is 531. The molecule has 5 nitrogen and oxygen atoms in total. The summed E-state index contributed by atoms with van der Waals surface area (Å²) in [6, 6.07) is -0.977. The second-order valence-electron chi connectivity index (χ2n) is 9.12. The third-order valence-electron chi connectivity index (χ3n) is 6.33. The largest absolute Gasteiger partial charge is 0.548 e. The van der Waals surface area contributed by atoms with Crippen LogP contribution in [0.3, 0.4) is 0 Å². The van der Waals surface area contributed by atoms with E-state index in [1.165, 1.54) is 24.2 Å². The Labute approximate surface area is 157 Å². The molecule has 0 spiro atoms. The Morgan fingerprint density at radius 2 is 1.65 bits per heavy atom. The summed E-state index contributed by atoms with van der Waals surface area (Å²) in [5.41, 5.74) is -0.811. The molecule has 2 fully saturated rings. The number of carbonyl (C=O) groups is 3. The summed E-state index contributed by atoms with van der Waals surface area (Å²) in [5.74, 6) is -1.70. The van der Waals surface area contributed by atoms with Crippen LogP contribution in [-0.2, 0) is 14.4 Å². The minimum atomic E-state index is -1.21. The van der Waals surface area contributed by atoms with Crippen LogP contribution < -0.4 is 5.11 Å². The molecule has 2 rings (SSSR count). The number of hydrogen-bond donors (Lipinski definition) is 0. The first-order chi connectivity index (χ1) is 12.2. The van der Waals surface area contributed by atoms with Crippen LogP contribution in [0, 0.1) is 23.2 Å². The van der Waals surface area contributed by atoms with Crippen molar-refractivity contribution in [1.29, 1.82) is 0 Å². The molecule has 3 atom stereocenters. The summed E-state index contributed by atoms with van der Waals surface area (Å²) in [6.07, 6.45) is 8.40. The van der Waals surface area contributed by atoms with E-state index in [2.05, 4.69) is 6.92 Å². The zero-order valence-electron chi connectivity index (χ0n) is 16.8. The van der Waals surface area contributed by atoms with E-state index >= 15 is 0 Å². The quantitative estimate of drug-likeness (QED) is 0.703. The first-order valence-electron chi connectivity index (χ1n) is 10.2. The van der Waals surface area contributed by atoms with Crippen LogP contribution >= 0.6 is 0 Å².